The summed E-state index contributed by atoms with van der Waals surface area (Å²) in [5.74, 6) is -1.54. The molecular weight excluding hydrogens is 301 g/mol. The van der Waals surface area contributed by atoms with Gasteiger partial charge in [-0.25, -0.2) is 0 Å². The smallest absolute Gasteiger partial charge is 0.425 e. The summed E-state index contributed by atoms with van der Waals surface area (Å²) in [5, 5.41) is 18.7. The predicted octanol–water partition coefficient (Wildman–Crippen LogP) is 2.49. The van der Waals surface area contributed by atoms with E-state index in [0.717, 1.165) is 11.0 Å². The summed E-state index contributed by atoms with van der Waals surface area (Å²) < 4.78 is 44.7. The molecule has 0 aromatic carbocycles. The number of rotatable bonds is 5. The average Bonchev–Trinajstić information content (AvgIpc) is 2.81. The first-order valence-corrected chi connectivity index (χ1v) is 6.55. The van der Waals surface area contributed by atoms with Crippen molar-refractivity contribution in [3.05, 3.63) is 23.7 Å². The number of carbonyl (C=O) groups excluding carboxylic acids is 1. The lowest BCUT2D eigenvalue weighted by Crippen LogP contribution is -2.48. The number of nitriles is 1. The molecule has 1 aromatic heterocycles. The van der Waals surface area contributed by atoms with Crippen LogP contribution >= 0.6 is 0 Å². The molecule has 0 saturated heterocycles. The van der Waals surface area contributed by atoms with Gasteiger partial charge in [-0.1, -0.05) is 0 Å². The van der Waals surface area contributed by atoms with Crippen LogP contribution in [0.5, 0.6) is 0 Å². The van der Waals surface area contributed by atoms with Crippen LogP contribution in [0.25, 0.3) is 0 Å². The normalized spacial score (nSPS) is 14.5. The minimum absolute atomic E-state index is 0.183. The lowest BCUT2D eigenvalue weighted by Gasteiger charge is -2.31. The molecule has 1 unspecified atom stereocenters. The fourth-order valence-corrected chi connectivity index (χ4v) is 1.94. The summed E-state index contributed by atoms with van der Waals surface area (Å²) in [5.41, 5.74) is -3.43. The number of hydrogen-bond acceptors (Lipinski definition) is 4. The maximum atomic E-state index is 13.3. The lowest BCUT2D eigenvalue weighted by molar-refractivity contribution is -0.274. The van der Waals surface area contributed by atoms with Gasteiger partial charge in [0.2, 0.25) is 11.5 Å². The molecule has 1 aromatic rings. The molecule has 0 bridgehead atoms. The number of carbonyl (C=O) groups is 1. The second kappa shape index (κ2) is 6.40. The van der Waals surface area contributed by atoms with Crippen LogP contribution in [0.2, 0.25) is 0 Å². The molecule has 0 saturated carbocycles. The van der Waals surface area contributed by atoms with Crippen LogP contribution < -0.4 is 0 Å². The average molecular weight is 318 g/mol. The number of aliphatic hydroxyl groups is 1. The van der Waals surface area contributed by atoms with E-state index in [1.165, 1.54) is 13.0 Å². The molecule has 5 nitrogen and oxygen atoms in total. The third kappa shape index (κ3) is 3.60. The lowest BCUT2D eigenvalue weighted by atomic mass is 9.94. The third-order valence-corrected chi connectivity index (χ3v) is 3.21. The first kappa shape index (κ1) is 18.0. The fraction of sp³-hybridized carbons (Fsp3) is 0.571. The molecule has 122 valence electrons. The van der Waals surface area contributed by atoms with Crippen molar-refractivity contribution in [2.75, 3.05) is 6.54 Å². The Morgan fingerprint density at radius 3 is 2.41 bits per heavy atom. The van der Waals surface area contributed by atoms with Gasteiger partial charge in [-0.2, -0.15) is 18.4 Å². The van der Waals surface area contributed by atoms with Crippen molar-refractivity contribution in [3.8, 4) is 6.07 Å². The van der Waals surface area contributed by atoms with E-state index in [2.05, 4.69) is 0 Å². The summed E-state index contributed by atoms with van der Waals surface area (Å²) in [6.07, 6.45) is -6.34. The summed E-state index contributed by atoms with van der Waals surface area (Å²) in [6.45, 7) is 4.21. The van der Waals surface area contributed by atoms with Crippen molar-refractivity contribution < 1.29 is 27.5 Å². The Kier molecular flexibility index (Phi) is 5.25. The van der Waals surface area contributed by atoms with Gasteiger partial charge in [0.1, 0.15) is 18.1 Å². The Morgan fingerprint density at radius 2 is 2.05 bits per heavy atom. The van der Waals surface area contributed by atoms with Gasteiger partial charge >= 0.3 is 6.18 Å². The monoisotopic (exact) mass is 318 g/mol. The molecule has 8 heteroatoms. The minimum atomic E-state index is -5.09. The highest BCUT2D eigenvalue weighted by molar-refractivity contribution is 5.78. The molecule has 0 aliphatic rings. The standard InChI is InChI=1S/C14H17F3N2O3/c1-9(2)19(7-6-18)12(20)8-13(21,14(15,16)17)11-5-4-10(3)22-11/h4-5,9,21H,7-8H2,1-3H3. The largest absolute Gasteiger partial charge is 0.463 e. The predicted molar refractivity (Wildman–Crippen MR) is 70.5 cm³/mol. The highest BCUT2D eigenvalue weighted by Gasteiger charge is 2.58. The third-order valence-electron chi connectivity index (χ3n) is 3.21. The van der Waals surface area contributed by atoms with Gasteiger partial charge in [0.25, 0.3) is 0 Å². The van der Waals surface area contributed by atoms with Crippen LogP contribution in [0.15, 0.2) is 16.5 Å². The van der Waals surface area contributed by atoms with Crippen molar-refractivity contribution in [1.82, 2.24) is 4.90 Å². The second-order valence-corrected chi connectivity index (χ2v) is 5.22. The van der Waals surface area contributed by atoms with E-state index in [9.17, 15) is 23.1 Å². The molecule has 1 N–H and O–H groups in total. The summed E-state index contributed by atoms with van der Waals surface area (Å²) in [4.78, 5) is 13.1. The highest BCUT2D eigenvalue weighted by atomic mass is 19.4. The van der Waals surface area contributed by atoms with Crippen LogP contribution in [0.4, 0.5) is 13.2 Å². The quantitative estimate of drug-likeness (QED) is 0.846. The Labute approximate surface area is 125 Å². The van der Waals surface area contributed by atoms with Crippen molar-refractivity contribution in [3.63, 3.8) is 0 Å². The number of alkyl halides is 3. The molecular formula is C14H17F3N2O3. The van der Waals surface area contributed by atoms with Crippen molar-refractivity contribution in [1.29, 1.82) is 5.26 Å². The Balaban J connectivity index is 3.16. The highest BCUT2D eigenvalue weighted by Crippen LogP contribution is 2.42. The van der Waals surface area contributed by atoms with Gasteiger partial charge in [0.15, 0.2) is 0 Å². The fourth-order valence-electron chi connectivity index (χ4n) is 1.94. The SMILES string of the molecule is Cc1ccc(C(O)(CC(=O)N(CC#N)C(C)C)C(F)(F)F)o1. The molecule has 1 atom stereocenters. The molecule has 0 aliphatic carbocycles. The number of aryl methyl sites for hydroxylation is 1. The van der Waals surface area contributed by atoms with Gasteiger partial charge in [-0.05, 0) is 32.9 Å². The van der Waals surface area contributed by atoms with Crippen molar-refractivity contribution in [2.45, 2.75) is 45.0 Å². The number of nitrogens with zero attached hydrogens (tertiary/aromatic N) is 2. The maximum Gasteiger partial charge on any atom is 0.425 e. The van der Waals surface area contributed by atoms with E-state index < -0.39 is 35.9 Å². The topological polar surface area (TPSA) is 77.5 Å². The van der Waals surface area contributed by atoms with Gasteiger partial charge in [-0.3, -0.25) is 4.79 Å². The zero-order valence-electron chi connectivity index (χ0n) is 12.4. The number of hydrogen-bond donors (Lipinski definition) is 1. The molecule has 1 rings (SSSR count). The first-order chi connectivity index (χ1) is 10.0. The zero-order valence-corrected chi connectivity index (χ0v) is 12.4. The molecule has 0 spiro atoms. The van der Waals surface area contributed by atoms with Crippen LogP contribution in [-0.4, -0.2) is 34.7 Å². The molecule has 1 amide bonds. The van der Waals surface area contributed by atoms with E-state index in [1.54, 1.807) is 19.9 Å². The summed E-state index contributed by atoms with van der Waals surface area (Å²) in [6, 6.07) is 3.50. The number of furan rings is 1. The van der Waals surface area contributed by atoms with E-state index >= 15 is 0 Å². The number of amides is 1. The molecule has 1 heterocycles. The molecule has 0 radical (unpaired) electrons. The van der Waals surface area contributed by atoms with Crippen LogP contribution in [-0.2, 0) is 10.4 Å². The van der Waals surface area contributed by atoms with Crippen LogP contribution in [0.3, 0.4) is 0 Å². The molecule has 0 fully saturated rings. The molecule has 22 heavy (non-hydrogen) atoms. The molecule has 0 aliphatic heterocycles. The van der Waals surface area contributed by atoms with Crippen molar-refractivity contribution in [2.24, 2.45) is 0 Å². The Hall–Kier alpha value is -2.01. The van der Waals surface area contributed by atoms with E-state index in [4.69, 9.17) is 9.68 Å². The van der Waals surface area contributed by atoms with Gasteiger partial charge in [0.05, 0.1) is 12.5 Å². The van der Waals surface area contributed by atoms with E-state index in [0.29, 0.717) is 0 Å². The number of halogens is 3. The van der Waals surface area contributed by atoms with E-state index in [1.807, 2.05) is 0 Å². The van der Waals surface area contributed by atoms with Crippen molar-refractivity contribution >= 4 is 5.91 Å². The summed E-state index contributed by atoms with van der Waals surface area (Å²) >= 11 is 0. The minimum Gasteiger partial charge on any atom is -0.463 e. The Morgan fingerprint density at radius 1 is 1.45 bits per heavy atom. The summed E-state index contributed by atoms with van der Waals surface area (Å²) in [7, 11) is 0. The van der Waals surface area contributed by atoms with Crippen LogP contribution in [0.1, 0.15) is 31.8 Å². The Bertz CT molecular complexity index is 575. The second-order valence-electron chi connectivity index (χ2n) is 5.22. The van der Waals surface area contributed by atoms with Crippen LogP contribution in [0, 0.1) is 18.3 Å². The maximum absolute atomic E-state index is 13.3. The van der Waals surface area contributed by atoms with Gasteiger partial charge in [0, 0.05) is 6.04 Å². The first-order valence-electron chi connectivity index (χ1n) is 6.55. The van der Waals surface area contributed by atoms with E-state index in [-0.39, 0.29) is 12.3 Å². The van der Waals surface area contributed by atoms with Gasteiger partial charge in [-0.15, -0.1) is 0 Å². The zero-order chi connectivity index (χ0) is 17.1. The van der Waals surface area contributed by atoms with Gasteiger partial charge < -0.3 is 14.4 Å².